The van der Waals surface area contributed by atoms with Gasteiger partial charge in [-0.3, -0.25) is 4.90 Å². The van der Waals surface area contributed by atoms with Crippen LogP contribution >= 0.6 is 0 Å². The van der Waals surface area contributed by atoms with Crippen molar-refractivity contribution < 1.29 is 9.53 Å². The lowest BCUT2D eigenvalue weighted by Gasteiger charge is -2.53. The van der Waals surface area contributed by atoms with Gasteiger partial charge >= 0.3 is 5.97 Å². The topological polar surface area (TPSA) is 29.5 Å². The van der Waals surface area contributed by atoms with E-state index in [2.05, 4.69) is 132 Å². The molecular weight excluding hydrogens is 538 g/mol. The number of benzene rings is 5. The number of ether oxygens (including phenoxy) is 1. The first kappa shape index (κ1) is 27.1. The molecule has 3 saturated carbocycles. The summed E-state index contributed by atoms with van der Waals surface area (Å²) >= 11 is 0. The summed E-state index contributed by atoms with van der Waals surface area (Å²) in [5, 5.41) is 0. The Morgan fingerprint density at radius 3 is 1.89 bits per heavy atom. The summed E-state index contributed by atoms with van der Waals surface area (Å²) in [5.74, 6) is 0.682. The van der Waals surface area contributed by atoms with E-state index in [0.29, 0.717) is 23.4 Å². The van der Waals surface area contributed by atoms with Crippen molar-refractivity contribution in [1.29, 1.82) is 0 Å². The van der Waals surface area contributed by atoms with Gasteiger partial charge in [-0.05, 0) is 75.6 Å². The Bertz CT molecular complexity index is 1760. The third-order valence-corrected chi connectivity index (χ3v) is 11.0. The zero-order valence-electron chi connectivity index (χ0n) is 25.1. The van der Waals surface area contributed by atoms with Crippen molar-refractivity contribution in [2.75, 3.05) is 13.7 Å². The van der Waals surface area contributed by atoms with E-state index in [1.165, 1.54) is 40.5 Å². The molecule has 0 radical (unpaired) electrons. The molecule has 9 rings (SSSR count). The highest BCUT2D eigenvalue weighted by atomic mass is 16.5. The number of rotatable bonds is 7. The average molecular weight is 576 g/mol. The third-order valence-electron chi connectivity index (χ3n) is 11.0. The summed E-state index contributed by atoms with van der Waals surface area (Å²) < 4.78 is 4.99. The van der Waals surface area contributed by atoms with Crippen LogP contribution in [0, 0.1) is 11.3 Å². The maximum atomic E-state index is 12.2. The van der Waals surface area contributed by atoms with E-state index < -0.39 is 0 Å². The minimum absolute atomic E-state index is 0.0666. The fraction of sp³-hybridized carbons (Fsp3) is 0.244. The largest absolute Gasteiger partial charge is 0.465 e. The van der Waals surface area contributed by atoms with Gasteiger partial charge in [0.1, 0.15) is 0 Å². The number of esters is 1. The Morgan fingerprint density at radius 1 is 0.705 bits per heavy atom. The van der Waals surface area contributed by atoms with E-state index in [0.717, 1.165) is 25.9 Å². The molecule has 3 nitrogen and oxygen atoms in total. The van der Waals surface area contributed by atoms with Crippen LogP contribution in [0.2, 0.25) is 0 Å². The highest BCUT2D eigenvalue weighted by molar-refractivity contribution is 5.89. The summed E-state index contributed by atoms with van der Waals surface area (Å²) in [5.41, 5.74) is 8.99. The van der Waals surface area contributed by atoms with Gasteiger partial charge in [0.25, 0.3) is 0 Å². The smallest absolute Gasteiger partial charge is 0.337 e. The third kappa shape index (κ3) is 4.17. The highest BCUT2D eigenvalue weighted by Gasteiger charge is 2.77. The number of nitrogens with zero attached hydrogens (tertiary/aromatic N) is 1. The van der Waals surface area contributed by atoms with Gasteiger partial charge in [0.15, 0.2) is 0 Å². The van der Waals surface area contributed by atoms with Crippen molar-refractivity contribution in [1.82, 2.24) is 4.90 Å². The van der Waals surface area contributed by atoms with Crippen LogP contribution in [-0.4, -0.2) is 24.5 Å². The Labute approximate surface area is 260 Å². The molecule has 4 fully saturated rings. The van der Waals surface area contributed by atoms with E-state index in [1.54, 1.807) is 0 Å². The molecule has 0 aromatic heterocycles. The van der Waals surface area contributed by atoms with Gasteiger partial charge in [0, 0.05) is 24.5 Å². The molecule has 2 bridgehead atoms. The van der Waals surface area contributed by atoms with E-state index in [-0.39, 0.29) is 16.8 Å². The van der Waals surface area contributed by atoms with E-state index in [9.17, 15) is 4.79 Å². The lowest BCUT2D eigenvalue weighted by atomic mass is 9.52. The number of methoxy groups -OCH3 is 1. The maximum Gasteiger partial charge on any atom is 0.337 e. The van der Waals surface area contributed by atoms with Crippen LogP contribution in [0.3, 0.4) is 0 Å². The van der Waals surface area contributed by atoms with Gasteiger partial charge in [-0.1, -0.05) is 127 Å². The van der Waals surface area contributed by atoms with E-state index in [4.69, 9.17) is 4.74 Å². The normalized spacial score (nSPS) is 27.0. The van der Waals surface area contributed by atoms with Crippen molar-refractivity contribution >= 4 is 5.97 Å². The van der Waals surface area contributed by atoms with Crippen molar-refractivity contribution in [3.8, 4) is 11.1 Å². The van der Waals surface area contributed by atoms with Crippen molar-refractivity contribution in [3.63, 3.8) is 0 Å². The van der Waals surface area contributed by atoms with Gasteiger partial charge < -0.3 is 4.74 Å². The second kappa shape index (κ2) is 10.6. The predicted molar refractivity (Wildman–Crippen MR) is 175 cm³/mol. The zero-order chi connectivity index (χ0) is 29.7. The molecule has 0 amide bonds. The molecule has 44 heavy (non-hydrogen) atoms. The molecule has 3 aliphatic carbocycles. The molecule has 218 valence electrons. The molecule has 3 heteroatoms. The highest BCUT2D eigenvalue weighted by Crippen LogP contribution is 2.82. The minimum Gasteiger partial charge on any atom is -0.465 e. The van der Waals surface area contributed by atoms with Crippen LogP contribution in [0.1, 0.15) is 57.4 Å². The first-order valence-electron chi connectivity index (χ1n) is 15.8. The van der Waals surface area contributed by atoms with Crippen molar-refractivity contribution in [3.05, 3.63) is 167 Å². The number of carbonyl (C=O) groups excluding carboxylic acids is 1. The standard InChI is InChI=1S/C41H37NO2/c1-44-39(43)34-21-23-35(24-22-34)40-27-41(28-40)36(37(40)32-13-7-3-8-14-32)26-42(38(41)33-15-9-4-10-16-33)25-29-17-19-31(20-18-29)30-11-5-2-6-12-30/h2-24,36-38H,25-28H2,1H3/t36-,37?,38-,40?,41?/m1/s1. The van der Waals surface area contributed by atoms with Crippen LogP contribution in [0.4, 0.5) is 0 Å². The van der Waals surface area contributed by atoms with Gasteiger partial charge in [0.05, 0.1) is 12.7 Å². The zero-order valence-corrected chi connectivity index (χ0v) is 25.1. The van der Waals surface area contributed by atoms with Gasteiger partial charge in [-0.15, -0.1) is 0 Å². The summed E-state index contributed by atoms with van der Waals surface area (Å²) in [7, 11) is 1.45. The second-order valence-corrected chi connectivity index (χ2v) is 13.1. The molecule has 1 heterocycles. The lowest BCUT2D eigenvalue weighted by Crippen LogP contribution is -2.47. The fourth-order valence-corrected chi connectivity index (χ4v) is 9.38. The molecule has 3 atom stereocenters. The number of hydrogen-bond acceptors (Lipinski definition) is 3. The first-order chi connectivity index (χ1) is 21.6. The molecule has 5 aromatic rings. The lowest BCUT2D eigenvalue weighted by molar-refractivity contribution is 0.0296. The quantitative estimate of drug-likeness (QED) is 0.182. The molecule has 1 unspecified atom stereocenters. The molecule has 5 aromatic carbocycles. The molecule has 1 spiro atoms. The minimum atomic E-state index is -0.279. The number of hydrogen-bond donors (Lipinski definition) is 0. The van der Waals surface area contributed by atoms with Crippen molar-refractivity contribution in [2.24, 2.45) is 11.3 Å². The monoisotopic (exact) mass is 575 g/mol. The Hall–Kier alpha value is -4.47. The molecule has 1 saturated heterocycles. The summed E-state index contributed by atoms with van der Waals surface area (Å²) in [6.07, 6.45) is 2.32. The SMILES string of the molecule is COC(=O)c1ccc(C23CC4(C2)[C@H](CN(Cc2ccc(-c5ccccc5)cc2)[C@@H]4c2ccccc2)C3c2ccccc2)cc1. The first-order valence-corrected chi connectivity index (χ1v) is 15.8. The van der Waals surface area contributed by atoms with Crippen LogP contribution in [0.25, 0.3) is 11.1 Å². The van der Waals surface area contributed by atoms with Crippen LogP contribution in [0.15, 0.2) is 140 Å². The van der Waals surface area contributed by atoms with Gasteiger partial charge in [-0.25, -0.2) is 4.79 Å². The van der Waals surface area contributed by atoms with Gasteiger partial charge in [0.2, 0.25) is 0 Å². The van der Waals surface area contributed by atoms with E-state index >= 15 is 0 Å². The fourth-order valence-electron chi connectivity index (χ4n) is 9.38. The Kier molecular flexibility index (Phi) is 6.53. The molecule has 4 aliphatic rings. The number of carbonyl (C=O) groups is 1. The average Bonchev–Trinajstić information content (AvgIpc) is 3.64. The summed E-state index contributed by atoms with van der Waals surface area (Å²) in [6, 6.07) is 50.9. The van der Waals surface area contributed by atoms with Crippen LogP contribution in [0.5, 0.6) is 0 Å². The summed E-state index contributed by atoms with van der Waals surface area (Å²) in [6.45, 7) is 2.01. The number of likely N-dealkylation sites (tertiary alicyclic amines) is 1. The van der Waals surface area contributed by atoms with Crippen molar-refractivity contribution in [2.45, 2.75) is 36.8 Å². The van der Waals surface area contributed by atoms with E-state index in [1.807, 2.05) is 12.1 Å². The maximum absolute atomic E-state index is 12.2. The second-order valence-electron chi connectivity index (χ2n) is 13.1. The Balaban J connectivity index is 1.17. The predicted octanol–water partition coefficient (Wildman–Crippen LogP) is 8.83. The van der Waals surface area contributed by atoms with Crippen LogP contribution in [-0.2, 0) is 16.7 Å². The summed E-state index contributed by atoms with van der Waals surface area (Å²) in [4.78, 5) is 15.0. The van der Waals surface area contributed by atoms with Crippen LogP contribution < -0.4 is 0 Å². The molecular formula is C41H37NO2. The Morgan fingerprint density at radius 2 is 1.27 bits per heavy atom. The molecule has 1 aliphatic heterocycles. The molecule has 0 N–H and O–H groups in total. The van der Waals surface area contributed by atoms with Gasteiger partial charge in [-0.2, -0.15) is 0 Å².